The van der Waals surface area contributed by atoms with E-state index in [2.05, 4.69) is 9.97 Å². The quantitative estimate of drug-likeness (QED) is 0.726. The first kappa shape index (κ1) is 11.1. The second-order valence-electron chi connectivity index (χ2n) is 3.79. The van der Waals surface area contributed by atoms with Crippen LogP contribution in [0.5, 0.6) is 0 Å². The molecule has 2 N–H and O–H groups in total. The van der Waals surface area contributed by atoms with Gasteiger partial charge in [0.15, 0.2) is 15.7 Å². The van der Waals surface area contributed by atoms with Crippen molar-refractivity contribution in [2.45, 2.75) is 6.42 Å². The number of nitrogens with zero attached hydrogens (tertiary/aromatic N) is 3. The molecule has 1 saturated heterocycles. The van der Waals surface area contributed by atoms with Gasteiger partial charge in [-0.3, -0.25) is 0 Å². The highest BCUT2D eigenvalue weighted by Gasteiger charge is 2.20. The van der Waals surface area contributed by atoms with E-state index in [-0.39, 0.29) is 11.5 Å². The molecule has 1 aromatic heterocycles. The summed E-state index contributed by atoms with van der Waals surface area (Å²) in [5.41, 5.74) is 6.24. The molecule has 0 amide bonds. The van der Waals surface area contributed by atoms with Crippen LogP contribution in [0, 0.1) is 0 Å². The first-order chi connectivity index (χ1) is 7.58. The normalized spacial score (nSPS) is 20.4. The lowest BCUT2D eigenvalue weighted by atomic mass is 10.3. The van der Waals surface area contributed by atoms with Crippen LogP contribution >= 0.6 is 0 Å². The van der Waals surface area contributed by atoms with Gasteiger partial charge < -0.3 is 10.6 Å². The maximum Gasteiger partial charge on any atom is 0.155 e. The van der Waals surface area contributed by atoms with Crippen molar-refractivity contribution in [3.05, 3.63) is 12.5 Å². The Labute approximate surface area is 94.4 Å². The number of nitrogen functional groups attached to an aromatic ring is 1. The van der Waals surface area contributed by atoms with Crippen molar-refractivity contribution in [2.75, 3.05) is 35.2 Å². The zero-order chi connectivity index (χ0) is 11.6. The topological polar surface area (TPSA) is 89.2 Å². The van der Waals surface area contributed by atoms with Crippen molar-refractivity contribution >= 4 is 21.3 Å². The Hall–Kier alpha value is -1.37. The van der Waals surface area contributed by atoms with E-state index in [1.165, 1.54) is 12.5 Å². The minimum Gasteiger partial charge on any atom is -0.394 e. The van der Waals surface area contributed by atoms with Crippen LogP contribution in [-0.4, -0.2) is 43.0 Å². The Kier molecular flexibility index (Phi) is 2.95. The zero-order valence-corrected chi connectivity index (χ0v) is 9.65. The van der Waals surface area contributed by atoms with Crippen LogP contribution in [0.1, 0.15) is 6.42 Å². The summed E-state index contributed by atoms with van der Waals surface area (Å²) in [7, 11) is -2.90. The van der Waals surface area contributed by atoms with E-state index in [0.29, 0.717) is 31.0 Å². The van der Waals surface area contributed by atoms with Crippen LogP contribution < -0.4 is 10.6 Å². The standard InChI is InChI=1S/C9H14N4O2S/c10-8-6-11-7-12-9(8)13-2-1-4-16(14,15)5-3-13/h6-7H,1-5,10H2. The Morgan fingerprint density at radius 1 is 1.31 bits per heavy atom. The lowest BCUT2D eigenvalue weighted by Gasteiger charge is -2.21. The van der Waals surface area contributed by atoms with Gasteiger partial charge in [-0.15, -0.1) is 0 Å². The summed E-state index contributed by atoms with van der Waals surface area (Å²) in [5, 5.41) is 0. The summed E-state index contributed by atoms with van der Waals surface area (Å²) in [5.74, 6) is 1.04. The predicted octanol–water partition coefficient (Wildman–Crippen LogP) is -0.316. The molecule has 0 atom stereocenters. The molecule has 1 aliphatic rings. The second-order valence-corrected chi connectivity index (χ2v) is 6.10. The molecule has 88 valence electrons. The average molecular weight is 242 g/mol. The van der Waals surface area contributed by atoms with Crippen molar-refractivity contribution < 1.29 is 8.42 Å². The highest BCUT2D eigenvalue weighted by Crippen LogP contribution is 2.19. The Balaban J connectivity index is 2.20. The van der Waals surface area contributed by atoms with Crippen molar-refractivity contribution in [1.82, 2.24) is 9.97 Å². The molecule has 7 heteroatoms. The molecule has 2 rings (SSSR count). The molecule has 1 fully saturated rings. The smallest absolute Gasteiger partial charge is 0.155 e. The molecule has 6 nitrogen and oxygen atoms in total. The fraction of sp³-hybridized carbons (Fsp3) is 0.556. The Morgan fingerprint density at radius 3 is 2.88 bits per heavy atom. The van der Waals surface area contributed by atoms with Gasteiger partial charge >= 0.3 is 0 Å². The molecule has 0 aromatic carbocycles. The van der Waals surface area contributed by atoms with Crippen molar-refractivity contribution in [2.24, 2.45) is 0 Å². The first-order valence-corrected chi connectivity index (χ1v) is 6.91. The number of hydrogen-bond acceptors (Lipinski definition) is 6. The third kappa shape index (κ3) is 2.41. The molecule has 0 spiro atoms. The maximum absolute atomic E-state index is 11.4. The number of rotatable bonds is 1. The molecule has 0 bridgehead atoms. The molecule has 16 heavy (non-hydrogen) atoms. The van der Waals surface area contributed by atoms with Crippen molar-refractivity contribution in [3.8, 4) is 0 Å². The van der Waals surface area contributed by atoms with E-state index < -0.39 is 9.84 Å². The third-order valence-corrected chi connectivity index (χ3v) is 4.29. The van der Waals surface area contributed by atoms with Crippen LogP contribution in [0.4, 0.5) is 11.5 Å². The van der Waals surface area contributed by atoms with E-state index >= 15 is 0 Å². The second kappa shape index (κ2) is 4.25. The number of sulfone groups is 1. The monoisotopic (exact) mass is 242 g/mol. The van der Waals surface area contributed by atoms with Gasteiger partial charge in [0.2, 0.25) is 0 Å². The lowest BCUT2D eigenvalue weighted by Crippen LogP contribution is -2.28. The van der Waals surface area contributed by atoms with Gasteiger partial charge in [-0.1, -0.05) is 0 Å². The molecule has 2 heterocycles. The van der Waals surface area contributed by atoms with Crippen LogP contribution in [0.25, 0.3) is 0 Å². The van der Waals surface area contributed by atoms with Gasteiger partial charge in [0.1, 0.15) is 6.33 Å². The molecule has 0 radical (unpaired) electrons. The van der Waals surface area contributed by atoms with E-state index in [1.807, 2.05) is 4.90 Å². The van der Waals surface area contributed by atoms with Gasteiger partial charge in [0.05, 0.1) is 23.4 Å². The van der Waals surface area contributed by atoms with E-state index in [9.17, 15) is 8.42 Å². The lowest BCUT2D eigenvalue weighted by molar-refractivity contribution is 0.597. The molecule has 0 unspecified atom stereocenters. The van der Waals surface area contributed by atoms with Gasteiger partial charge in [0, 0.05) is 13.1 Å². The SMILES string of the molecule is Nc1cncnc1N1CCCS(=O)(=O)CC1. The van der Waals surface area contributed by atoms with Crippen molar-refractivity contribution in [1.29, 1.82) is 0 Å². The molecular weight excluding hydrogens is 228 g/mol. The summed E-state index contributed by atoms with van der Waals surface area (Å²) >= 11 is 0. The summed E-state index contributed by atoms with van der Waals surface area (Å²) in [4.78, 5) is 9.80. The highest BCUT2D eigenvalue weighted by molar-refractivity contribution is 7.91. The van der Waals surface area contributed by atoms with Gasteiger partial charge in [0.25, 0.3) is 0 Å². The molecule has 1 aliphatic heterocycles. The average Bonchev–Trinajstić information content (AvgIpc) is 2.40. The first-order valence-electron chi connectivity index (χ1n) is 5.09. The van der Waals surface area contributed by atoms with E-state index in [0.717, 1.165) is 0 Å². The molecule has 1 aromatic rings. The summed E-state index contributed by atoms with van der Waals surface area (Å²) < 4.78 is 22.9. The minimum atomic E-state index is -2.90. The van der Waals surface area contributed by atoms with Crippen LogP contribution in [0.15, 0.2) is 12.5 Å². The number of hydrogen-bond donors (Lipinski definition) is 1. The fourth-order valence-corrected chi connectivity index (χ4v) is 3.02. The van der Waals surface area contributed by atoms with Gasteiger partial charge in [-0.25, -0.2) is 18.4 Å². The largest absolute Gasteiger partial charge is 0.394 e. The predicted molar refractivity (Wildman–Crippen MR) is 61.9 cm³/mol. The number of anilines is 2. The van der Waals surface area contributed by atoms with Crippen LogP contribution in [-0.2, 0) is 9.84 Å². The van der Waals surface area contributed by atoms with E-state index in [1.54, 1.807) is 0 Å². The van der Waals surface area contributed by atoms with Crippen molar-refractivity contribution in [3.63, 3.8) is 0 Å². The highest BCUT2D eigenvalue weighted by atomic mass is 32.2. The summed E-state index contributed by atoms with van der Waals surface area (Å²) in [6.45, 7) is 1.12. The number of aromatic nitrogens is 2. The number of nitrogens with two attached hydrogens (primary N) is 1. The summed E-state index contributed by atoms with van der Waals surface area (Å²) in [6.07, 6.45) is 3.57. The Bertz CT molecular complexity index is 474. The Morgan fingerprint density at radius 2 is 2.12 bits per heavy atom. The van der Waals surface area contributed by atoms with E-state index in [4.69, 9.17) is 5.73 Å². The molecular formula is C9H14N4O2S. The van der Waals surface area contributed by atoms with Crippen LogP contribution in [0.3, 0.4) is 0 Å². The maximum atomic E-state index is 11.4. The summed E-state index contributed by atoms with van der Waals surface area (Å²) in [6, 6.07) is 0. The van der Waals surface area contributed by atoms with Gasteiger partial charge in [-0.05, 0) is 6.42 Å². The molecule has 0 aliphatic carbocycles. The fourth-order valence-electron chi connectivity index (χ4n) is 1.75. The third-order valence-electron chi connectivity index (χ3n) is 2.57. The molecule has 0 saturated carbocycles. The van der Waals surface area contributed by atoms with Gasteiger partial charge in [-0.2, -0.15) is 0 Å². The zero-order valence-electron chi connectivity index (χ0n) is 8.83. The minimum absolute atomic E-state index is 0.163. The van der Waals surface area contributed by atoms with Crippen LogP contribution in [0.2, 0.25) is 0 Å².